The lowest BCUT2D eigenvalue weighted by molar-refractivity contribution is 0.0696. The third-order valence-electron chi connectivity index (χ3n) is 2.73. The summed E-state index contributed by atoms with van der Waals surface area (Å²) in [5, 5.41) is 8.99. The fourth-order valence-corrected chi connectivity index (χ4v) is 1.95. The Hall–Kier alpha value is -1.84. The van der Waals surface area contributed by atoms with Crippen LogP contribution in [0.5, 0.6) is 0 Å². The molecule has 2 heterocycles. The zero-order chi connectivity index (χ0) is 12.6. The molecule has 0 amide bonds. The molecular weight excluding hydrogens is 216 g/mol. The fourth-order valence-electron chi connectivity index (χ4n) is 1.95. The van der Waals surface area contributed by atoms with Crippen molar-refractivity contribution in [3.8, 4) is 0 Å². The summed E-state index contributed by atoms with van der Waals surface area (Å²) in [7, 11) is 0. The first kappa shape index (κ1) is 11.6. The zero-order valence-corrected chi connectivity index (χ0v) is 10.3. The van der Waals surface area contributed by atoms with E-state index in [1.54, 1.807) is 12.3 Å². The monoisotopic (exact) mass is 232 g/mol. The van der Waals surface area contributed by atoms with E-state index in [1.807, 2.05) is 17.4 Å². The molecule has 0 saturated heterocycles. The first-order valence-corrected chi connectivity index (χ1v) is 5.70. The van der Waals surface area contributed by atoms with E-state index in [4.69, 9.17) is 5.11 Å². The first-order chi connectivity index (χ1) is 7.99. The second kappa shape index (κ2) is 4.20. The van der Waals surface area contributed by atoms with E-state index in [-0.39, 0.29) is 0 Å². The third kappa shape index (κ3) is 2.16. The molecule has 0 aliphatic carbocycles. The average Bonchev–Trinajstić information content (AvgIpc) is 2.54. The van der Waals surface area contributed by atoms with Gasteiger partial charge in [-0.05, 0) is 25.0 Å². The molecule has 2 aromatic rings. The van der Waals surface area contributed by atoms with E-state index in [0.717, 1.165) is 23.5 Å². The van der Waals surface area contributed by atoms with Gasteiger partial charge in [-0.2, -0.15) is 0 Å². The van der Waals surface area contributed by atoms with Crippen LogP contribution in [0.3, 0.4) is 0 Å². The van der Waals surface area contributed by atoms with Crippen LogP contribution in [-0.2, 0) is 6.42 Å². The number of hydrogen-bond acceptors (Lipinski definition) is 2. The van der Waals surface area contributed by atoms with E-state index >= 15 is 0 Å². The van der Waals surface area contributed by atoms with E-state index in [2.05, 4.69) is 18.8 Å². The largest absolute Gasteiger partial charge is 0.478 e. The maximum atomic E-state index is 11.0. The van der Waals surface area contributed by atoms with Crippen molar-refractivity contribution < 1.29 is 9.90 Å². The number of aromatic nitrogens is 2. The van der Waals surface area contributed by atoms with Crippen LogP contribution in [0.25, 0.3) is 5.52 Å². The highest BCUT2D eigenvalue weighted by atomic mass is 16.4. The molecule has 0 fully saturated rings. The second-order valence-electron chi connectivity index (χ2n) is 4.69. The fraction of sp³-hybridized carbons (Fsp3) is 0.385. The Morgan fingerprint density at radius 1 is 1.47 bits per heavy atom. The molecule has 0 saturated carbocycles. The number of carboxylic acids is 1. The van der Waals surface area contributed by atoms with Gasteiger partial charge in [-0.15, -0.1) is 0 Å². The lowest BCUT2D eigenvalue weighted by Crippen LogP contribution is -2.03. The Morgan fingerprint density at radius 2 is 2.18 bits per heavy atom. The average molecular weight is 232 g/mol. The van der Waals surface area contributed by atoms with Crippen molar-refractivity contribution in [3.05, 3.63) is 35.4 Å². The molecule has 1 N–H and O–H groups in total. The molecule has 0 unspecified atom stereocenters. The maximum Gasteiger partial charge on any atom is 0.337 e. The van der Waals surface area contributed by atoms with Crippen molar-refractivity contribution in [2.45, 2.75) is 27.2 Å². The Labute approximate surface area is 99.9 Å². The first-order valence-electron chi connectivity index (χ1n) is 5.70. The zero-order valence-electron chi connectivity index (χ0n) is 10.3. The molecule has 2 rings (SSSR count). The SMILES string of the molecule is Cc1nc(CC(C)C)n2cc(C(=O)O)ccc12. The number of hydrogen-bond donors (Lipinski definition) is 1. The highest BCUT2D eigenvalue weighted by molar-refractivity contribution is 5.87. The molecule has 2 aromatic heterocycles. The van der Waals surface area contributed by atoms with Gasteiger partial charge in [0.25, 0.3) is 0 Å². The number of carboxylic acid groups (broad SMARTS) is 1. The lowest BCUT2D eigenvalue weighted by atomic mass is 10.1. The summed E-state index contributed by atoms with van der Waals surface area (Å²) in [5.74, 6) is 0.512. The van der Waals surface area contributed by atoms with E-state index < -0.39 is 5.97 Å². The minimum Gasteiger partial charge on any atom is -0.478 e. The summed E-state index contributed by atoms with van der Waals surface area (Å²) in [6, 6.07) is 3.43. The number of fused-ring (bicyclic) bond motifs is 1. The third-order valence-corrected chi connectivity index (χ3v) is 2.73. The predicted octanol–water partition coefficient (Wildman–Crippen LogP) is 2.54. The highest BCUT2D eigenvalue weighted by Gasteiger charge is 2.11. The summed E-state index contributed by atoms with van der Waals surface area (Å²) in [4.78, 5) is 15.5. The van der Waals surface area contributed by atoms with E-state index in [9.17, 15) is 4.79 Å². The molecule has 0 spiro atoms. The highest BCUT2D eigenvalue weighted by Crippen LogP contribution is 2.16. The molecule has 0 aromatic carbocycles. The smallest absolute Gasteiger partial charge is 0.337 e. The van der Waals surface area contributed by atoms with Gasteiger partial charge in [-0.1, -0.05) is 13.8 Å². The second-order valence-corrected chi connectivity index (χ2v) is 4.69. The minimum absolute atomic E-state index is 0.292. The summed E-state index contributed by atoms with van der Waals surface area (Å²) < 4.78 is 1.89. The van der Waals surface area contributed by atoms with Crippen LogP contribution in [-0.4, -0.2) is 20.5 Å². The number of carbonyl (C=O) groups is 1. The van der Waals surface area contributed by atoms with Crippen LogP contribution in [0.4, 0.5) is 0 Å². The molecule has 4 heteroatoms. The summed E-state index contributed by atoms with van der Waals surface area (Å²) in [6.45, 7) is 6.19. The minimum atomic E-state index is -0.909. The summed E-state index contributed by atoms with van der Waals surface area (Å²) >= 11 is 0. The van der Waals surface area contributed by atoms with Crippen molar-refractivity contribution in [1.29, 1.82) is 0 Å². The number of rotatable bonds is 3. The number of nitrogens with zero attached hydrogens (tertiary/aromatic N) is 2. The number of aromatic carboxylic acids is 1. The normalized spacial score (nSPS) is 11.3. The van der Waals surface area contributed by atoms with Gasteiger partial charge in [0.05, 0.1) is 16.8 Å². The predicted molar refractivity (Wildman–Crippen MR) is 65.4 cm³/mol. The molecule has 0 bridgehead atoms. The van der Waals surface area contributed by atoms with Crippen LogP contribution >= 0.6 is 0 Å². The number of imidazole rings is 1. The van der Waals surface area contributed by atoms with Crippen molar-refractivity contribution in [3.63, 3.8) is 0 Å². The van der Waals surface area contributed by atoms with Crippen molar-refractivity contribution >= 4 is 11.5 Å². The summed E-state index contributed by atoms with van der Waals surface area (Å²) in [5.41, 5.74) is 2.21. The van der Waals surface area contributed by atoms with Gasteiger partial charge in [0.15, 0.2) is 0 Å². The van der Waals surface area contributed by atoms with E-state index in [1.165, 1.54) is 0 Å². The van der Waals surface area contributed by atoms with Gasteiger partial charge < -0.3 is 9.51 Å². The summed E-state index contributed by atoms with van der Waals surface area (Å²) in [6.07, 6.45) is 2.49. The Balaban J connectivity index is 2.60. The van der Waals surface area contributed by atoms with Crippen LogP contribution in [0.1, 0.15) is 35.7 Å². The standard InChI is InChI=1S/C13H16N2O2/c1-8(2)6-12-14-9(3)11-5-4-10(13(16)17)7-15(11)12/h4-5,7-8H,6H2,1-3H3,(H,16,17). The van der Waals surface area contributed by atoms with Gasteiger partial charge in [-0.25, -0.2) is 9.78 Å². The van der Waals surface area contributed by atoms with Crippen molar-refractivity contribution in [2.24, 2.45) is 5.92 Å². The van der Waals surface area contributed by atoms with Gasteiger partial charge in [0, 0.05) is 12.6 Å². The molecular formula is C13H16N2O2. The molecule has 0 radical (unpaired) electrons. The maximum absolute atomic E-state index is 11.0. The Morgan fingerprint density at radius 3 is 2.76 bits per heavy atom. The molecule has 4 nitrogen and oxygen atoms in total. The van der Waals surface area contributed by atoms with Crippen LogP contribution in [0, 0.1) is 12.8 Å². The van der Waals surface area contributed by atoms with Crippen LogP contribution in [0.2, 0.25) is 0 Å². The quantitative estimate of drug-likeness (QED) is 0.884. The van der Waals surface area contributed by atoms with Gasteiger partial charge in [-0.3, -0.25) is 0 Å². The van der Waals surface area contributed by atoms with Crippen molar-refractivity contribution in [1.82, 2.24) is 9.38 Å². The number of aryl methyl sites for hydroxylation is 1. The molecule has 0 aliphatic rings. The van der Waals surface area contributed by atoms with Crippen molar-refractivity contribution in [2.75, 3.05) is 0 Å². The lowest BCUT2D eigenvalue weighted by Gasteiger charge is -2.04. The number of pyridine rings is 1. The van der Waals surface area contributed by atoms with Gasteiger partial charge in [0.2, 0.25) is 0 Å². The van der Waals surface area contributed by atoms with E-state index in [0.29, 0.717) is 11.5 Å². The van der Waals surface area contributed by atoms with Gasteiger partial charge >= 0.3 is 5.97 Å². The topological polar surface area (TPSA) is 54.6 Å². The Kier molecular flexibility index (Phi) is 2.88. The Bertz CT molecular complexity index is 570. The molecule has 17 heavy (non-hydrogen) atoms. The molecule has 90 valence electrons. The van der Waals surface area contributed by atoms with Crippen LogP contribution < -0.4 is 0 Å². The van der Waals surface area contributed by atoms with Crippen LogP contribution in [0.15, 0.2) is 18.3 Å². The molecule has 0 atom stereocenters. The van der Waals surface area contributed by atoms with Gasteiger partial charge in [0.1, 0.15) is 5.82 Å². The molecule has 0 aliphatic heterocycles.